The zero-order chi connectivity index (χ0) is 17.8. The van der Waals surface area contributed by atoms with Gasteiger partial charge in [-0.1, -0.05) is 23.7 Å². The highest BCUT2D eigenvalue weighted by atomic mass is 35.5. The predicted octanol–water partition coefficient (Wildman–Crippen LogP) is 4.38. The third kappa shape index (κ3) is 4.50. The molecule has 1 amide bonds. The summed E-state index contributed by atoms with van der Waals surface area (Å²) < 4.78 is 0. The molecule has 0 aromatic heterocycles. The minimum absolute atomic E-state index is 0.264. The summed E-state index contributed by atoms with van der Waals surface area (Å²) in [6, 6.07) is 13.2. The van der Waals surface area contributed by atoms with Crippen LogP contribution >= 0.6 is 23.8 Å². The van der Waals surface area contributed by atoms with Gasteiger partial charge in [0.25, 0.3) is 5.91 Å². The summed E-state index contributed by atoms with van der Waals surface area (Å²) in [5.41, 5.74) is 3.43. The Balaban J connectivity index is 1.63. The molecule has 130 valence electrons. The number of rotatable bonds is 3. The van der Waals surface area contributed by atoms with Crippen LogP contribution in [0.15, 0.2) is 42.5 Å². The van der Waals surface area contributed by atoms with E-state index in [9.17, 15) is 4.79 Å². The topological polar surface area (TPSA) is 44.4 Å². The second-order valence-electron chi connectivity index (χ2n) is 6.12. The molecule has 0 bridgehead atoms. The summed E-state index contributed by atoms with van der Waals surface area (Å²) in [5.74, 6) is -0.282. The van der Waals surface area contributed by atoms with Crippen LogP contribution in [0.1, 0.15) is 28.8 Å². The van der Waals surface area contributed by atoms with Crippen LogP contribution in [0, 0.1) is 6.92 Å². The summed E-state index contributed by atoms with van der Waals surface area (Å²) in [5, 5.41) is 6.59. The van der Waals surface area contributed by atoms with Crippen molar-refractivity contribution >= 4 is 46.2 Å². The highest BCUT2D eigenvalue weighted by molar-refractivity contribution is 7.80. The molecule has 1 saturated heterocycles. The normalized spacial score (nSPS) is 13.6. The molecule has 0 spiro atoms. The van der Waals surface area contributed by atoms with Crippen LogP contribution in [0.5, 0.6) is 0 Å². The molecule has 0 aliphatic carbocycles. The van der Waals surface area contributed by atoms with E-state index in [1.54, 1.807) is 12.1 Å². The lowest BCUT2D eigenvalue weighted by molar-refractivity contribution is 0.0977. The van der Waals surface area contributed by atoms with Crippen LogP contribution in [0.2, 0.25) is 5.02 Å². The quantitative estimate of drug-likeness (QED) is 0.784. The maximum absolute atomic E-state index is 12.3. The number of aryl methyl sites for hydroxylation is 1. The first-order valence-corrected chi connectivity index (χ1v) is 9.05. The standard InChI is InChI=1S/C19H20ClN3OS/c1-13-7-8-14(11-17(13)20)18(24)22-19(25)21-15-5-4-6-16(12-15)23-9-2-3-10-23/h4-8,11-12H,2-3,9-10H2,1H3,(H2,21,22,24,25). The Hall–Kier alpha value is -2.11. The first kappa shape index (κ1) is 17.7. The molecule has 1 aliphatic heterocycles. The Morgan fingerprint density at radius 2 is 1.92 bits per heavy atom. The summed E-state index contributed by atoms with van der Waals surface area (Å²) in [7, 11) is 0. The van der Waals surface area contributed by atoms with E-state index in [4.69, 9.17) is 23.8 Å². The number of carbonyl (C=O) groups excluding carboxylic acids is 1. The van der Waals surface area contributed by atoms with E-state index in [0.717, 1.165) is 24.3 Å². The molecule has 1 fully saturated rings. The van der Waals surface area contributed by atoms with Gasteiger partial charge in [0, 0.05) is 35.1 Å². The Morgan fingerprint density at radius 3 is 2.64 bits per heavy atom. The Kier molecular flexibility index (Phi) is 5.56. The van der Waals surface area contributed by atoms with Gasteiger partial charge in [-0.25, -0.2) is 0 Å². The van der Waals surface area contributed by atoms with Gasteiger partial charge in [0.1, 0.15) is 0 Å². The minimum Gasteiger partial charge on any atom is -0.371 e. The van der Waals surface area contributed by atoms with Crippen LogP contribution in [0.25, 0.3) is 0 Å². The molecule has 25 heavy (non-hydrogen) atoms. The van der Waals surface area contributed by atoms with Crippen LogP contribution in [-0.2, 0) is 0 Å². The number of hydrogen-bond donors (Lipinski definition) is 2. The summed E-state index contributed by atoms with van der Waals surface area (Å²) >= 11 is 11.3. The van der Waals surface area contributed by atoms with Gasteiger partial charge in [-0.2, -0.15) is 0 Å². The number of halogens is 1. The SMILES string of the molecule is Cc1ccc(C(=O)NC(=S)Nc2cccc(N3CCCC3)c2)cc1Cl. The minimum atomic E-state index is -0.282. The number of nitrogens with zero attached hydrogens (tertiary/aromatic N) is 1. The third-order valence-electron chi connectivity index (χ3n) is 4.24. The number of nitrogens with one attached hydrogen (secondary N) is 2. The molecule has 2 aromatic rings. The maximum atomic E-state index is 12.3. The van der Waals surface area contributed by atoms with Crippen LogP contribution < -0.4 is 15.5 Å². The van der Waals surface area contributed by atoms with Gasteiger partial charge in [-0.15, -0.1) is 0 Å². The highest BCUT2D eigenvalue weighted by Gasteiger charge is 2.13. The van der Waals surface area contributed by atoms with Crippen LogP contribution in [0.4, 0.5) is 11.4 Å². The Bertz CT molecular complexity index is 803. The summed E-state index contributed by atoms with van der Waals surface area (Å²) in [4.78, 5) is 14.6. The number of hydrogen-bond acceptors (Lipinski definition) is 3. The lowest BCUT2D eigenvalue weighted by atomic mass is 10.1. The summed E-state index contributed by atoms with van der Waals surface area (Å²) in [6.07, 6.45) is 2.45. The van der Waals surface area contributed by atoms with E-state index in [-0.39, 0.29) is 11.0 Å². The molecular weight excluding hydrogens is 354 g/mol. The number of carbonyl (C=O) groups is 1. The number of thiocarbonyl (C=S) groups is 1. The van der Waals surface area contributed by atoms with Crippen LogP contribution in [-0.4, -0.2) is 24.1 Å². The maximum Gasteiger partial charge on any atom is 0.257 e. The number of benzene rings is 2. The molecule has 4 nitrogen and oxygen atoms in total. The first-order valence-electron chi connectivity index (χ1n) is 8.26. The van der Waals surface area contributed by atoms with Crippen molar-refractivity contribution in [3.63, 3.8) is 0 Å². The van der Waals surface area contributed by atoms with E-state index in [1.807, 2.05) is 31.2 Å². The van der Waals surface area contributed by atoms with Crippen molar-refractivity contribution in [1.29, 1.82) is 0 Å². The molecule has 0 atom stereocenters. The van der Waals surface area contributed by atoms with Crippen molar-refractivity contribution in [3.05, 3.63) is 58.6 Å². The zero-order valence-corrected chi connectivity index (χ0v) is 15.6. The first-order chi connectivity index (χ1) is 12.0. The third-order valence-corrected chi connectivity index (χ3v) is 4.85. The van der Waals surface area contributed by atoms with Crippen molar-refractivity contribution in [1.82, 2.24) is 5.32 Å². The van der Waals surface area contributed by atoms with Gasteiger partial charge in [0.05, 0.1) is 0 Å². The van der Waals surface area contributed by atoms with Gasteiger partial charge in [0.15, 0.2) is 5.11 Å². The lowest BCUT2D eigenvalue weighted by Crippen LogP contribution is -2.34. The van der Waals surface area contributed by atoms with Crippen molar-refractivity contribution < 1.29 is 4.79 Å². The second-order valence-corrected chi connectivity index (χ2v) is 6.93. The highest BCUT2D eigenvalue weighted by Crippen LogP contribution is 2.23. The largest absolute Gasteiger partial charge is 0.371 e. The molecule has 2 aromatic carbocycles. The monoisotopic (exact) mass is 373 g/mol. The molecule has 3 rings (SSSR count). The van der Waals surface area contributed by atoms with E-state index in [1.165, 1.54) is 18.5 Å². The van der Waals surface area contributed by atoms with E-state index < -0.39 is 0 Å². The molecule has 0 unspecified atom stereocenters. The fraction of sp³-hybridized carbons (Fsp3) is 0.263. The molecule has 0 saturated carbocycles. The number of amides is 1. The zero-order valence-electron chi connectivity index (χ0n) is 14.0. The Morgan fingerprint density at radius 1 is 1.16 bits per heavy atom. The van der Waals surface area contributed by atoms with Gasteiger partial charge in [-0.3, -0.25) is 10.1 Å². The average molecular weight is 374 g/mol. The van der Waals surface area contributed by atoms with Crippen molar-refractivity contribution in [2.24, 2.45) is 0 Å². The molecule has 0 radical (unpaired) electrons. The molecular formula is C19H20ClN3OS. The fourth-order valence-electron chi connectivity index (χ4n) is 2.83. The predicted molar refractivity (Wildman–Crippen MR) is 108 cm³/mol. The van der Waals surface area contributed by atoms with E-state index >= 15 is 0 Å². The van der Waals surface area contributed by atoms with Crippen molar-refractivity contribution in [2.75, 3.05) is 23.3 Å². The molecule has 2 N–H and O–H groups in total. The molecule has 6 heteroatoms. The smallest absolute Gasteiger partial charge is 0.257 e. The van der Waals surface area contributed by atoms with Crippen molar-refractivity contribution in [3.8, 4) is 0 Å². The van der Waals surface area contributed by atoms with Crippen molar-refractivity contribution in [2.45, 2.75) is 19.8 Å². The van der Waals surface area contributed by atoms with Gasteiger partial charge in [0.2, 0.25) is 0 Å². The second kappa shape index (κ2) is 7.85. The number of anilines is 2. The summed E-state index contributed by atoms with van der Waals surface area (Å²) in [6.45, 7) is 4.06. The van der Waals surface area contributed by atoms with Gasteiger partial charge >= 0.3 is 0 Å². The lowest BCUT2D eigenvalue weighted by Gasteiger charge is -2.19. The average Bonchev–Trinajstić information content (AvgIpc) is 3.12. The van der Waals surface area contributed by atoms with E-state index in [0.29, 0.717) is 10.6 Å². The molecule has 1 aliphatic rings. The van der Waals surface area contributed by atoms with Gasteiger partial charge in [-0.05, 0) is 67.9 Å². The molecule has 1 heterocycles. The van der Waals surface area contributed by atoms with Gasteiger partial charge < -0.3 is 10.2 Å². The van der Waals surface area contributed by atoms with Crippen LogP contribution in [0.3, 0.4) is 0 Å². The Labute approximate surface area is 158 Å². The van der Waals surface area contributed by atoms with E-state index in [2.05, 4.69) is 21.6 Å². The fourth-order valence-corrected chi connectivity index (χ4v) is 3.22.